The number of halogens is 6. The third kappa shape index (κ3) is 5.43. The third-order valence-corrected chi connectivity index (χ3v) is 10.8. The van der Waals surface area contributed by atoms with Crippen molar-refractivity contribution in [2.45, 2.75) is 28.9 Å². The van der Waals surface area contributed by atoms with Crippen LogP contribution in [0.4, 0.5) is 24.5 Å². The number of benzene rings is 3. The van der Waals surface area contributed by atoms with Crippen LogP contribution in [-0.2, 0) is 27.1 Å². The Labute approximate surface area is 270 Å². The smallest absolute Gasteiger partial charge is 0.324 e. The molecule has 226 valence electrons. The number of thioether (sulfide) groups is 1. The van der Waals surface area contributed by atoms with Crippen molar-refractivity contribution in [1.29, 1.82) is 0 Å². The van der Waals surface area contributed by atoms with E-state index in [2.05, 4.69) is 5.32 Å². The van der Waals surface area contributed by atoms with Crippen molar-refractivity contribution >= 4 is 87.0 Å². The van der Waals surface area contributed by atoms with Crippen molar-refractivity contribution in [2.75, 3.05) is 10.2 Å². The SMILES string of the molecule is O=C(Cn1c2c(sc1=O)[C@@H](c1ccc(Cl)cc1)[C@@H]1C(=O)N(c3ccccc3C(F)(F)F)C(=O)[C@@H]1S2)Nc1ccc(Cl)c(Cl)c1. The maximum Gasteiger partial charge on any atom is 0.418 e. The molecule has 1 N–H and O–H groups in total. The lowest BCUT2D eigenvalue weighted by atomic mass is 9.83. The van der Waals surface area contributed by atoms with Crippen molar-refractivity contribution in [1.82, 2.24) is 4.57 Å². The highest BCUT2D eigenvalue weighted by atomic mass is 35.5. The molecule has 3 heterocycles. The number of rotatable bonds is 5. The van der Waals surface area contributed by atoms with Crippen LogP contribution < -0.4 is 15.1 Å². The lowest BCUT2D eigenvalue weighted by molar-refractivity contribution is -0.137. The van der Waals surface area contributed by atoms with Gasteiger partial charge in [0.25, 0.3) is 0 Å². The number of hydrogen-bond donors (Lipinski definition) is 1. The molecule has 1 aromatic heterocycles. The van der Waals surface area contributed by atoms with Gasteiger partial charge in [-0.05, 0) is 48.0 Å². The van der Waals surface area contributed by atoms with Crippen molar-refractivity contribution in [3.8, 4) is 0 Å². The first-order chi connectivity index (χ1) is 20.8. The number of carbonyl (C=O) groups excluding carboxylic acids is 3. The Morgan fingerprint density at radius 1 is 0.909 bits per heavy atom. The maximum atomic E-state index is 13.9. The van der Waals surface area contributed by atoms with Gasteiger partial charge >= 0.3 is 11.0 Å². The van der Waals surface area contributed by atoms with Gasteiger partial charge in [-0.15, -0.1) is 0 Å². The molecule has 2 aliphatic heterocycles. The summed E-state index contributed by atoms with van der Waals surface area (Å²) in [4.78, 5) is 54.5. The van der Waals surface area contributed by atoms with Gasteiger partial charge in [0, 0.05) is 21.5 Å². The van der Waals surface area contributed by atoms with E-state index >= 15 is 0 Å². The van der Waals surface area contributed by atoms with Crippen LogP contribution in [0.5, 0.6) is 0 Å². The largest absolute Gasteiger partial charge is 0.418 e. The highest BCUT2D eigenvalue weighted by Gasteiger charge is 2.57. The maximum absolute atomic E-state index is 13.9. The van der Waals surface area contributed by atoms with E-state index in [1.54, 1.807) is 24.3 Å². The fraction of sp³-hybridized carbons (Fsp3) is 0.172. The molecule has 15 heteroatoms. The highest BCUT2D eigenvalue weighted by Crippen LogP contribution is 2.54. The summed E-state index contributed by atoms with van der Waals surface area (Å²) in [6, 6.07) is 15.3. The molecule has 3 amide bonds. The van der Waals surface area contributed by atoms with Crippen LogP contribution in [-0.4, -0.2) is 27.5 Å². The quantitative estimate of drug-likeness (QED) is 0.221. The number of alkyl halides is 3. The van der Waals surface area contributed by atoms with Crippen LogP contribution in [0, 0.1) is 5.92 Å². The predicted octanol–water partition coefficient (Wildman–Crippen LogP) is 7.32. The van der Waals surface area contributed by atoms with Crippen LogP contribution >= 0.6 is 57.9 Å². The number of nitrogens with one attached hydrogen (secondary N) is 1. The fourth-order valence-corrected chi connectivity index (χ4v) is 8.55. The number of thiazole rings is 1. The normalized spacial score (nSPS) is 19.6. The summed E-state index contributed by atoms with van der Waals surface area (Å²) in [7, 11) is 0. The summed E-state index contributed by atoms with van der Waals surface area (Å²) >= 11 is 19.8. The van der Waals surface area contributed by atoms with Crippen LogP contribution in [0.15, 0.2) is 76.6 Å². The summed E-state index contributed by atoms with van der Waals surface area (Å²) in [5.41, 5.74) is -0.823. The minimum absolute atomic E-state index is 0.211. The molecule has 0 aliphatic carbocycles. The van der Waals surface area contributed by atoms with E-state index in [-0.39, 0.29) is 15.1 Å². The number of para-hydroxylation sites is 1. The molecule has 0 bridgehead atoms. The summed E-state index contributed by atoms with van der Waals surface area (Å²) in [6.07, 6.45) is -4.83. The first kappa shape index (κ1) is 30.7. The monoisotopic (exact) mass is 697 g/mol. The third-order valence-electron chi connectivity index (χ3n) is 7.23. The summed E-state index contributed by atoms with van der Waals surface area (Å²) < 4.78 is 43.0. The number of anilines is 2. The Bertz CT molecular complexity index is 1900. The second-order valence-corrected chi connectivity index (χ2v) is 13.3. The van der Waals surface area contributed by atoms with Gasteiger partial charge in [0.05, 0.1) is 32.2 Å². The lowest BCUT2D eigenvalue weighted by Crippen LogP contribution is -2.33. The average molecular weight is 699 g/mol. The predicted molar refractivity (Wildman–Crippen MR) is 164 cm³/mol. The van der Waals surface area contributed by atoms with Crippen LogP contribution in [0.2, 0.25) is 15.1 Å². The molecule has 3 atom stereocenters. The Kier molecular flexibility index (Phi) is 8.08. The molecule has 0 saturated carbocycles. The first-order valence-electron chi connectivity index (χ1n) is 12.8. The Balaban J connectivity index is 1.42. The summed E-state index contributed by atoms with van der Waals surface area (Å²) in [6.45, 7) is -0.439. The highest BCUT2D eigenvalue weighted by molar-refractivity contribution is 8.00. The number of aromatic nitrogens is 1. The molecule has 3 aromatic carbocycles. The molecular formula is C29H17Cl3F3N3O4S2. The lowest BCUT2D eigenvalue weighted by Gasteiger charge is -2.30. The van der Waals surface area contributed by atoms with Crippen molar-refractivity contribution in [3.05, 3.63) is 107 Å². The first-order valence-corrected chi connectivity index (χ1v) is 15.6. The van der Waals surface area contributed by atoms with Gasteiger partial charge in [0.2, 0.25) is 17.7 Å². The zero-order valence-electron chi connectivity index (χ0n) is 21.9. The molecule has 1 fully saturated rings. The molecule has 44 heavy (non-hydrogen) atoms. The van der Waals surface area contributed by atoms with Crippen LogP contribution in [0.3, 0.4) is 0 Å². The van der Waals surface area contributed by atoms with E-state index in [0.29, 0.717) is 26.1 Å². The van der Waals surface area contributed by atoms with E-state index in [9.17, 15) is 32.3 Å². The molecule has 2 aliphatic rings. The van der Waals surface area contributed by atoms with E-state index in [1.807, 2.05) is 0 Å². The van der Waals surface area contributed by atoms with Crippen LogP contribution in [0.25, 0.3) is 0 Å². The van der Waals surface area contributed by atoms with Gasteiger partial charge in [-0.25, -0.2) is 4.90 Å². The molecule has 4 aromatic rings. The van der Waals surface area contributed by atoms with E-state index in [4.69, 9.17) is 34.8 Å². The molecule has 6 rings (SSSR count). The molecule has 1 saturated heterocycles. The van der Waals surface area contributed by atoms with E-state index in [0.717, 1.165) is 35.2 Å². The molecule has 0 unspecified atom stereocenters. The zero-order chi connectivity index (χ0) is 31.5. The van der Waals surface area contributed by atoms with Gasteiger partial charge in [-0.3, -0.25) is 23.7 Å². The number of nitrogens with zero attached hydrogens (tertiary/aromatic N) is 2. The average Bonchev–Trinajstić information content (AvgIpc) is 3.41. The van der Waals surface area contributed by atoms with Gasteiger partial charge in [-0.2, -0.15) is 13.2 Å². The van der Waals surface area contributed by atoms with Crippen molar-refractivity contribution < 1.29 is 27.6 Å². The Morgan fingerprint density at radius 3 is 2.30 bits per heavy atom. The minimum Gasteiger partial charge on any atom is -0.324 e. The van der Waals surface area contributed by atoms with Gasteiger partial charge in [-0.1, -0.05) is 82.2 Å². The Hall–Kier alpha value is -3.29. The molecule has 7 nitrogen and oxygen atoms in total. The second kappa shape index (κ2) is 11.6. The number of hydrogen-bond acceptors (Lipinski definition) is 6. The van der Waals surface area contributed by atoms with E-state index < -0.39 is 63.7 Å². The van der Waals surface area contributed by atoms with Gasteiger partial charge in [0.1, 0.15) is 11.8 Å². The van der Waals surface area contributed by atoms with Gasteiger partial charge in [0.15, 0.2) is 0 Å². The second-order valence-electron chi connectivity index (χ2n) is 9.92. The summed E-state index contributed by atoms with van der Waals surface area (Å²) in [5, 5.41) is 2.65. The zero-order valence-corrected chi connectivity index (χ0v) is 25.8. The molecular weight excluding hydrogens is 682 g/mol. The minimum atomic E-state index is -4.83. The van der Waals surface area contributed by atoms with E-state index in [1.165, 1.54) is 34.9 Å². The number of imide groups is 1. The topological polar surface area (TPSA) is 88.5 Å². The standard InChI is InChI=1S/C29H17Cl3F3N3O4S2/c30-14-7-5-13(6-8-14)21-22-23(26(41)38(25(22)40)19-4-2-1-3-16(19)29(33,34)35)43-27-24(21)44-28(42)37(27)12-20(39)36-15-9-10-17(31)18(32)11-15/h1-11,21-23H,12H2,(H,36,39)/t21-,22-,23+/m0/s1. The number of amides is 3. The number of fused-ring (bicyclic) bond motifs is 2. The molecule has 0 spiro atoms. The van der Waals surface area contributed by atoms with Gasteiger partial charge < -0.3 is 5.32 Å². The summed E-state index contributed by atoms with van der Waals surface area (Å²) in [5.74, 6) is -4.24. The fourth-order valence-electron chi connectivity index (χ4n) is 5.35. The Morgan fingerprint density at radius 2 is 1.61 bits per heavy atom. The van der Waals surface area contributed by atoms with Crippen molar-refractivity contribution in [3.63, 3.8) is 0 Å². The van der Waals surface area contributed by atoms with Crippen LogP contribution in [0.1, 0.15) is 21.9 Å². The van der Waals surface area contributed by atoms with Crippen molar-refractivity contribution in [2.24, 2.45) is 5.92 Å². The molecule has 0 radical (unpaired) electrons. The number of carbonyl (C=O) groups is 3.